The number of rotatable bonds is 20. The van der Waals surface area contributed by atoms with Crippen molar-refractivity contribution < 1.29 is 39.6 Å². The third-order valence-corrected chi connectivity index (χ3v) is 8.34. The van der Waals surface area contributed by atoms with Crippen LogP contribution in [-0.2, 0) is 19.2 Å². The molecule has 1 saturated carbocycles. The highest BCUT2D eigenvalue weighted by Gasteiger charge is 2.34. The number of unbranched alkanes of at least 4 members (excludes halogenated alkanes) is 8. The second kappa shape index (κ2) is 17.4. The van der Waals surface area contributed by atoms with E-state index in [-0.39, 0.29) is 12.8 Å². The average Bonchev–Trinajstić information content (AvgIpc) is 2.79. The molecule has 8 heteroatoms. The second-order valence-corrected chi connectivity index (χ2v) is 11.0. The van der Waals surface area contributed by atoms with Gasteiger partial charge in [0.15, 0.2) is 11.8 Å². The molecule has 8 nitrogen and oxygen atoms in total. The Bertz CT molecular complexity index is 605. The highest BCUT2D eigenvalue weighted by Crippen LogP contribution is 2.43. The van der Waals surface area contributed by atoms with Crippen LogP contribution in [-0.4, -0.2) is 44.3 Å². The quantitative estimate of drug-likeness (QED) is 0.109. The number of hydrogen-bond donors (Lipinski definition) is 4. The highest BCUT2D eigenvalue weighted by atomic mass is 16.4. The maximum absolute atomic E-state index is 11.0. The fraction of sp³-hybridized carbons (Fsp3) is 0.857. The predicted octanol–water partition coefficient (Wildman–Crippen LogP) is 6.32. The van der Waals surface area contributed by atoms with Crippen LogP contribution in [0.25, 0.3) is 0 Å². The Morgan fingerprint density at radius 3 is 1.11 bits per heavy atom. The van der Waals surface area contributed by atoms with Crippen LogP contribution < -0.4 is 0 Å². The molecular weight excluding hydrogens is 464 g/mol. The summed E-state index contributed by atoms with van der Waals surface area (Å²) in [4.78, 5) is 43.8. The summed E-state index contributed by atoms with van der Waals surface area (Å²) >= 11 is 0. The van der Waals surface area contributed by atoms with E-state index in [9.17, 15) is 19.2 Å². The van der Waals surface area contributed by atoms with Gasteiger partial charge in [0.2, 0.25) is 0 Å². The van der Waals surface area contributed by atoms with E-state index in [4.69, 9.17) is 20.4 Å². The zero-order chi connectivity index (χ0) is 27.1. The lowest BCUT2D eigenvalue weighted by Crippen LogP contribution is -2.32. The summed E-state index contributed by atoms with van der Waals surface area (Å²) in [5.41, 5.74) is 0. The first-order chi connectivity index (χ1) is 17.1. The molecular formula is C28H48O8. The molecule has 4 N–H and O–H groups in total. The van der Waals surface area contributed by atoms with Crippen molar-refractivity contribution >= 4 is 23.9 Å². The van der Waals surface area contributed by atoms with Crippen LogP contribution in [0.2, 0.25) is 0 Å². The minimum absolute atomic E-state index is 0.198. The summed E-state index contributed by atoms with van der Waals surface area (Å²) in [6.07, 6.45) is 14.9. The van der Waals surface area contributed by atoms with E-state index in [0.29, 0.717) is 12.8 Å². The van der Waals surface area contributed by atoms with Gasteiger partial charge in [-0.15, -0.1) is 0 Å². The SMILES string of the molecule is CC1CCC(C)C(CCCCCCCC(C(=O)O)C(=O)O)C1CCCCCCCC(C(=O)O)C(=O)O. The third kappa shape index (κ3) is 11.7. The van der Waals surface area contributed by atoms with E-state index in [1.807, 2.05) is 0 Å². The molecule has 36 heavy (non-hydrogen) atoms. The molecule has 208 valence electrons. The maximum atomic E-state index is 11.0. The van der Waals surface area contributed by atoms with Gasteiger partial charge in [0.05, 0.1) is 0 Å². The molecule has 0 bridgehead atoms. The molecule has 4 unspecified atom stereocenters. The van der Waals surface area contributed by atoms with Crippen LogP contribution in [0.5, 0.6) is 0 Å². The predicted molar refractivity (Wildman–Crippen MR) is 137 cm³/mol. The minimum Gasteiger partial charge on any atom is -0.481 e. The Morgan fingerprint density at radius 2 is 0.806 bits per heavy atom. The van der Waals surface area contributed by atoms with Crippen molar-refractivity contribution in [2.75, 3.05) is 0 Å². The first-order valence-electron chi connectivity index (χ1n) is 14.0. The zero-order valence-electron chi connectivity index (χ0n) is 22.2. The molecule has 0 aliphatic heterocycles. The van der Waals surface area contributed by atoms with Crippen molar-refractivity contribution in [3.63, 3.8) is 0 Å². The Morgan fingerprint density at radius 1 is 0.528 bits per heavy atom. The lowest BCUT2D eigenvalue weighted by Gasteiger charge is -2.41. The molecule has 0 aromatic heterocycles. The van der Waals surface area contributed by atoms with Crippen LogP contribution in [0.3, 0.4) is 0 Å². The van der Waals surface area contributed by atoms with Gasteiger partial charge in [0.25, 0.3) is 0 Å². The summed E-state index contributed by atoms with van der Waals surface area (Å²) < 4.78 is 0. The van der Waals surface area contributed by atoms with Crippen molar-refractivity contribution in [3.05, 3.63) is 0 Å². The van der Waals surface area contributed by atoms with Crippen LogP contribution >= 0.6 is 0 Å². The van der Waals surface area contributed by atoms with E-state index in [1.165, 1.54) is 25.7 Å². The molecule has 0 amide bonds. The summed E-state index contributed by atoms with van der Waals surface area (Å²) in [6.45, 7) is 4.76. The molecule has 1 fully saturated rings. The van der Waals surface area contributed by atoms with Gasteiger partial charge in [-0.1, -0.05) is 90.9 Å². The zero-order valence-corrected chi connectivity index (χ0v) is 22.2. The van der Waals surface area contributed by atoms with Crippen molar-refractivity contribution in [2.24, 2.45) is 35.5 Å². The van der Waals surface area contributed by atoms with Crippen molar-refractivity contribution in [1.29, 1.82) is 0 Å². The second-order valence-electron chi connectivity index (χ2n) is 11.0. The number of hydrogen-bond acceptors (Lipinski definition) is 4. The normalized spacial score (nSPS) is 22.1. The average molecular weight is 513 g/mol. The minimum atomic E-state index is -1.29. The van der Waals surface area contributed by atoms with Crippen LogP contribution in [0, 0.1) is 35.5 Å². The van der Waals surface area contributed by atoms with Crippen molar-refractivity contribution in [2.45, 2.75) is 117 Å². The Kier molecular flexibility index (Phi) is 15.4. The molecule has 0 heterocycles. The Labute approximate surface area is 215 Å². The standard InChI is InChI=1S/C28H48O8/c1-19-17-18-20(2)22(14-10-6-4-8-12-16-24(27(33)34)28(35)36)21(19)13-9-5-3-7-11-15-23(25(29)30)26(31)32/h19-24H,3-18H2,1-2H3,(H,29,30)(H,31,32)(H,33,34)(H,35,36). The first-order valence-corrected chi connectivity index (χ1v) is 14.0. The van der Waals surface area contributed by atoms with Crippen molar-refractivity contribution in [3.8, 4) is 0 Å². The van der Waals surface area contributed by atoms with Gasteiger partial charge in [0, 0.05) is 0 Å². The van der Waals surface area contributed by atoms with Gasteiger partial charge >= 0.3 is 23.9 Å². The van der Waals surface area contributed by atoms with Crippen LogP contribution in [0.15, 0.2) is 0 Å². The summed E-state index contributed by atoms with van der Waals surface area (Å²) in [5, 5.41) is 35.8. The summed E-state index contributed by atoms with van der Waals surface area (Å²) in [5.74, 6) is -4.68. The smallest absolute Gasteiger partial charge is 0.317 e. The molecule has 0 aromatic rings. The number of carboxylic acid groups (broad SMARTS) is 4. The molecule has 0 radical (unpaired) electrons. The largest absolute Gasteiger partial charge is 0.481 e. The molecule has 0 aromatic carbocycles. The van der Waals surface area contributed by atoms with E-state index in [0.717, 1.165) is 75.0 Å². The van der Waals surface area contributed by atoms with E-state index >= 15 is 0 Å². The lowest BCUT2D eigenvalue weighted by molar-refractivity contribution is -0.156. The number of aliphatic carboxylic acids is 4. The fourth-order valence-corrected chi connectivity index (χ4v) is 6.02. The number of carboxylic acids is 4. The topological polar surface area (TPSA) is 149 Å². The van der Waals surface area contributed by atoms with E-state index in [2.05, 4.69) is 13.8 Å². The highest BCUT2D eigenvalue weighted by molar-refractivity contribution is 5.93. The van der Waals surface area contributed by atoms with E-state index < -0.39 is 35.7 Å². The fourth-order valence-electron chi connectivity index (χ4n) is 6.02. The lowest BCUT2D eigenvalue weighted by atomic mass is 9.64. The van der Waals surface area contributed by atoms with Gasteiger partial charge in [-0.3, -0.25) is 19.2 Å². The molecule has 0 saturated heterocycles. The molecule has 1 aliphatic carbocycles. The molecule has 4 atom stereocenters. The Balaban J connectivity index is 2.29. The molecule has 1 rings (SSSR count). The monoisotopic (exact) mass is 512 g/mol. The van der Waals surface area contributed by atoms with Gasteiger partial charge < -0.3 is 20.4 Å². The van der Waals surface area contributed by atoms with Gasteiger partial charge in [-0.05, 0) is 49.4 Å². The van der Waals surface area contributed by atoms with Gasteiger partial charge in [-0.2, -0.15) is 0 Å². The van der Waals surface area contributed by atoms with Crippen LogP contribution in [0.1, 0.15) is 117 Å². The molecule has 0 spiro atoms. The maximum Gasteiger partial charge on any atom is 0.317 e. The summed E-state index contributed by atoms with van der Waals surface area (Å²) in [6, 6.07) is 0. The number of carbonyl (C=O) groups is 4. The Hall–Kier alpha value is -2.12. The summed E-state index contributed by atoms with van der Waals surface area (Å²) in [7, 11) is 0. The third-order valence-electron chi connectivity index (χ3n) is 8.34. The van der Waals surface area contributed by atoms with Gasteiger partial charge in [0.1, 0.15) is 0 Å². The first kappa shape index (κ1) is 31.9. The van der Waals surface area contributed by atoms with Crippen molar-refractivity contribution in [1.82, 2.24) is 0 Å². The van der Waals surface area contributed by atoms with Gasteiger partial charge in [-0.25, -0.2) is 0 Å². The van der Waals surface area contributed by atoms with Crippen LogP contribution in [0.4, 0.5) is 0 Å². The molecule has 1 aliphatic rings. The van der Waals surface area contributed by atoms with E-state index in [1.54, 1.807) is 0 Å².